The third kappa shape index (κ3) is 11.3. The minimum Gasteiger partial charge on any atom is -0.378 e. The zero-order valence-electron chi connectivity index (χ0n) is 32.8. The van der Waals surface area contributed by atoms with Gasteiger partial charge in [-0.05, 0) is 111 Å². The first kappa shape index (κ1) is 39.9. The molecule has 278 valence electrons. The SMILES string of the molecule is CC(C)CCC[C@@H](C)[C@H]1CCC2C3CC=C4CC(OCCCCCCCCCCCCCCCCCC(N)=O)CC[C@]4(C)C3CC[C@@]21C. The zero-order chi connectivity index (χ0) is 34.4. The van der Waals surface area contributed by atoms with E-state index in [0.29, 0.717) is 23.4 Å². The summed E-state index contributed by atoms with van der Waals surface area (Å²) in [6, 6.07) is 0. The van der Waals surface area contributed by atoms with Crippen LogP contribution in [0, 0.1) is 46.3 Å². The van der Waals surface area contributed by atoms with Crippen molar-refractivity contribution < 1.29 is 9.53 Å². The number of nitrogens with two attached hydrogens (primary N) is 1. The highest BCUT2D eigenvalue weighted by atomic mass is 16.5. The summed E-state index contributed by atoms with van der Waals surface area (Å²) in [4.78, 5) is 10.8. The monoisotopic (exact) mass is 668 g/mol. The van der Waals surface area contributed by atoms with Crippen molar-refractivity contribution in [3.05, 3.63) is 11.6 Å². The summed E-state index contributed by atoms with van der Waals surface area (Å²) in [5, 5.41) is 0. The molecule has 8 atom stereocenters. The lowest BCUT2D eigenvalue weighted by molar-refractivity contribution is -0.118. The molecule has 0 heterocycles. The number of hydrogen-bond acceptors (Lipinski definition) is 2. The van der Waals surface area contributed by atoms with Crippen LogP contribution in [0.2, 0.25) is 0 Å². The van der Waals surface area contributed by atoms with Crippen molar-refractivity contribution >= 4 is 5.91 Å². The van der Waals surface area contributed by atoms with Crippen LogP contribution < -0.4 is 5.73 Å². The van der Waals surface area contributed by atoms with E-state index in [1.807, 2.05) is 0 Å². The molecule has 0 bridgehead atoms. The van der Waals surface area contributed by atoms with Gasteiger partial charge in [0.25, 0.3) is 0 Å². The molecule has 1 amide bonds. The van der Waals surface area contributed by atoms with Gasteiger partial charge in [-0.25, -0.2) is 0 Å². The Bertz CT molecular complexity index is 957. The maximum atomic E-state index is 10.8. The minimum absolute atomic E-state index is 0.151. The minimum atomic E-state index is -0.151. The summed E-state index contributed by atoms with van der Waals surface area (Å²) in [5.74, 6) is 5.38. The van der Waals surface area contributed by atoms with Crippen LogP contribution in [0.1, 0.15) is 208 Å². The fourth-order valence-electron chi connectivity index (χ4n) is 11.7. The summed E-state index contributed by atoms with van der Waals surface area (Å²) in [6.45, 7) is 13.8. The Hall–Kier alpha value is -0.830. The largest absolute Gasteiger partial charge is 0.378 e. The third-order valence-corrected chi connectivity index (χ3v) is 14.7. The Morgan fingerprint density at radius 2 is 1.35 bits per heavy atom. The van der Waals surface area contributed by atoms with Crippen molar-refractivity contribution in [3.63, 3.8) is 0 Å². The topological polar surface area (TPSA) is 52.3 Å². The molecule has 3 saturated carbocycles. The molecule has 0 aromatic heterocycles. The lowest BCUT2D eigenvalue weighted by Gasteiger charge is -2.58. The van der Waals surface area contributed by atoms with E-state index in [2.05, 4.69) is 40.7 Å². The number of carbonyl (C=O) groups excluding carboxylic acids is 1. The lowest BCUT2D eigenvalue weighted by atomic mass is 9.47. The molecule has 4 aliphatic carbocycles. The summed E-state index contributed by atoms with van der Waals surface area (Å²) in [6.07, 6.45) is 39.1. The second-order valence-corrected chi connectivity index (χ2v) is 18.5. The van der Waals surface area contributed by atoms with E-state index in [-0.39, 0.29) is 5.91 Å². The first-order valence-electron chi connectivity index (χ1n) is 21.7. The molecular weight excluding hydrogens is 587 g/mol. The number of allylic oxidation sites excluding steroid dienone is 1. The van der Waals surface area contributed by atoms with Crippen LogP contribution in [0.25, 0.3) is 0 Å². The molecule has 0 aliphatic heterocycles. The fourth-order valence-corrected chi connectivity index (χ4v) is 11.7. The molecular formula is C45H81NO2. The molecule has 2 N–H and O–H groups in total. The Kier molecular flexibility index (Phi) is 16.9. The highest BCUT2D eigenvalue weighted by molar-refractivity contribution is 5.73. The molecule has 0 spiro atoms. The summed E-state index contributed by atoms with van der Waals surface area (Å²) < 4.78 is 6.55. The number of unbranched alkanes of at least 4 members (excludes halogenated alkanes) is 14. The second-order valence-electron chi connectivity index (χ2n) is 18.5. The Labute approximate surface area is 299 Å². The molecule has 4 rings (SSSR count). The summed E-state index contributed by atoms with van der Waals surface area (Å²) in [5.41, 5.74) is 8.03. The van der Waals surface area contributed by atoms with Gasteiger partial charge < -0.3 is 10.5 Å². The molecule has 0 saturated heterocycles. The number of rotatable bonds is 24. The van der Waals surface area contributed by atoms with E-state index in [0.717, 1.165) is 55.0 Å². The van der Waals surface area contributed by atoms with Gasteiger partial charge in [0.2, 0.25) is 5.91 Å². The molecule has 4 unspecified atom stereocenters. The van der Waals surface area contributed by atoms with Crippen LogP contribution in [-0.4, -0.2) is 18.6 Å². The van der Waals surface area contributed by atoms with Crippen LogP contribution in [-0.2, 0) is 9.53 Å². The van der Waals surface area contributed by atoms with Gasteiger partial charge in [-0.15, -0.1) is 0 Å². The van der Waals surface area contributed by atoms with E-state index in [9.17, 15) is 4.79 Å². The third-order valence-electron chi connectivity index (χ3n) is 14.7. The zero-order valence-corrected chi connectivity index (χ0v) is 32.8. The van der Waals surface area contributed by atoms with E-state index < -0.39 is 0 Å². The van der Waals surface area contributed by atoms with E-state index in [1.54, 1.807) is 5.57 Å². The lowest BCUT2D eigenvalue weighted by Crippen LogP contribution is -2.51. The second kappa shape index (κ2) is 20.3. The van der Waals surface area contributed by atoms with Gasteiger partial charge in [0.05, 0.1) is 6.10 Å². The van der Waals surface area contributed by atoms with E-state index >= 15 is 0 Å². The van der Waals surface area contributed by atoms with Crippen molar-refractivity contribution in [1.29, 1.82) is 0 Å². The Morgan fingerprint density at radius 3 is 1.96 bits per heavy atom. The van der Waals surface area contributed by atoms with Gasteiger partial charge >= 0.3 is 0 Å². The van der Waals surface area contributed by atoms with E-state index in [1.165, 1.54) is 154 Å². The van der Waals surface area contributed by atoms with Gasteiger partial charge in [0, 0.05) is 13.0 Å². The average molecular weight is 668 g/mol. The Morgan fingerprint density at radius 1 is 0.750 bits per heavy atom. The first-order chi connectivity index (χ1) is 23.1. The number of amides is 1. The molecule has 3 fully saturated rings. The number of fused-ring (bicyclic) bond motifs is 5. The van der Waals surface area contributed by atoms with Gasteiger partial charge in [-0.1, -0.05) is 149 Å². The smallest absolute Gasteiger partial charge is 0.217 e. The van der Waals surface area contributed by atoms with Crippen LogP contribution >= 0.6 is 0 Å². The quantitative estimate of drug-likeness (QED) is 0.0822. The van der Waals surface area contributed by atoms with Crippen LogP contribution in [0.15, 0.2) is 11.6 Å². The fraction of sp³-hybridized carbons (Fsp3) is 0.933. The highest BCUT2D eigenvalue weighted by Crippen LogP contribution is 2.67. The van der Waals surface area contributed by atoms with Gasteiger partial charge in [0.15, 0.2) is 0 Å². The first-order valence-corrected chi connectivity index (χ1v) is 21.7. The number of primary amides is 1. The molecule has 0 aromatic rings. The predicted octanol–water partition coefficient (Wildman–Crippen LogP) is 13.1. The standard InChI is InChI=1S/C45H81NO2/c1-35(2)22-21-23-36(3)40-27-28-41-39-26-25-37-34-38(29-31-44(37,4)42(39)30-32-45(40,41)5)48-33-20-18-16-14-12-10-8-6-7-9-11-13-15-17-19-24-43(46)47/h25,35-36,38-42H,6-24,26-34H2,1-5H3,(H2,46,47)/t36-,38?,39?,40-,41?,42?,44+,45-/m1/s1. The Balaban J connectivity index is 1.04. The predicted molar refractivity (Wildman–Crippen MR) is 206 cm³/mol. The number of hydrogen-bond donors (Lipinski definition) is 1. The molecule has 0 aromatic carbocycles. The molecule has 48 heavy (non-hydrogen) atoms. The van der Waals surface area contributed by atoms with Crippen LogP contribution in [0.5, 0.6) is 0 Å². The van der Waals surface area contributed by atoms with Crippen molar-refractivity contribution in [2.45, 2.75) is 214 Å². The summed E-state index contributed by atoms with van der Waals surface area (Å²) in [7, 11) is 0. The highest BCUT2D eigenvalue weighted by Gasteiger charge is 2.59. The molecule has 3 nitrogen and oxygen atoms in total. The maximum absolute atomic E-state index is 10.8. The van der Waals surface area contributed by atoms with Crippen molar-refractivity contribution in [1.82, 2.24) is 0 Å². The number of carbonyl (C=O) groups is 1. The maximum Gasteiger partial charge on any atom is 0.217 e. The average Bonchev–Trinajstić information content (AvgIpc) is 3.41. The van der Waals surface area contributed by atoms with Crippen LogP contribution in [0.4, 0.5) is 0 Å². The van der Waals surface area contributed by atoms with Crippen molar-refractivity contribution in [3.8, 4) is 0 Å². The number of ether oxygens (including phenoxy) is 1. The van der Waals surface area contributed by atoms with Crippen molar-refractivity contribution in [2.75, 3.05) is 6.61 Å². The summed E-state index contributed by atoms with van der Waals surface area (Å²) >= 11 is 0. The molecule has 4 aliphatic rings. The van der Waals surface area contributed by atoms with Crippen molar-refractivity contribution in [2.24, 2.45) is 52.1 Å². The van der Waals surface area contributed by atoms with Gasteiger partial charge in [-0.2, -0.15) is 0 Å². The molecule has 0 radical (unpaired) electrons. The molecule has 3 heteroatoms. The van der Waals surface area contributed by atoms with Crippen LogP contribution in [0.3, 0.4) is 0 Å². The van der Waals surface area contributed by atoms with Gasteiger partial charge in [-0.3, -0.25) is 4.79 Å². The normalized spacial score (nSPS) is 32.0. The van der Waals surface area contributed by atoms with E-state index in [4.69, 9.17) is 10.5 Å². The van der Waals surface area contributed by atoms with Gasteiger partial charge in [0.1, 0.15) is 0 Å².